The number of primary amides is 2. The summed E-state index contributed by atoms with van der Waals surface area (Å²) in [7, 11) is -2.95. The van der Waals surface area contributed by atoms with Gasteiger partial charge >= 0.3 is 6.03 Å². The maximum Gasteiger partial charge on any atom is 0.309 e. The van der Waals surface area contributed by atoms with E-state index >= 15 is 0 Å². The van der Waals surface area contributed by atoms with Gasteiger partial charge in [-0.2, -0.15) is 0 Å². The first-order valence-corrected chi connectivity index (χ1v) is 7.28. The minimum Gasteiger partial charge on any atom is -0.352 e. The van der Waals surface area contributed by atoms with Crippen molar-refractivity contribution in [2.45, 2.75) is 11.8 Å². The first kappa shape index (κ1) is 19.8. The average molecular weight is 353 g/mol. The van der Waals surface area contributed by atoms with Crippen LogP contribution in [0, 0.1) is 10.1 Å². The van der Waals surface area contributed by atoms with Gasteiger partial charge in [-0.25, -0.2) is 17.9 Å². The second kappa shape index (κ2) is 7.68. The third kappa shape index (κ3) is 4.95. The summed E-state index contributed by atoms with van der Waals surface area (Å²) in [5.41, 5.74) is 7.38. The van der Waals surface area contributed by atoms with E-state index in [-0.39, 0.29) is 5.02 Å². The number of Topliss-reactive ketones (excluding diaryl/α,β-unsaturated/α-hetero) is 1. The molecule has 0 aliphatic rings. The van der Waals surface area contributed by atoms with E-state index in [4.69, 9.17) is 16.4 Å². The summed E-state index contributed by atoms with van der Waals surface area (Å²) in [6.07, 6.45) is 0. The van der Waals surface area contributed by atoms with Crippen molar-refractivity contribution in [3.63, 3.8) is 0 Å². The predicted molar refractivity (Wildman–Crippen MR) is 78.1 cm³/mol. The molecular weight excluding hydrogens is 340 g/mol. The van der Waals surface area contributed by atoms with Crippen LogP contribution in [0.1, 0.15) is 17.3 Å². The number of urea groups is 1. The number of nitrogens with two attached hydrogens (primary N) is 2. The number of nitrogens with one attached hydrogen (secondary N) is 1. The third-order valence-electron chi connectivity index (χ3n) is 2.17. The highest BCUT2D eigenvalue weighted by atomic mass is 35.5. The molecule has 12 heteroatoms. The molecule has 0 bridgehead atoms. The molecule has 1 aromatic carbocycles. The summed E-state index contributed by atoms with van der Waals surface area (Å²) >= 11 is 5.72. The quantitative estimate of drug-likeness (QED) is 0.400. The molecule has 0 unspecified atom stereocenters. The van der Waals surface area contributed by atoms with Crippen LogP contribution in [0.15, 0.2) is 17.0 Å². The minimum atomic E-state index is -4.07. The lowest BCUT2D eigenvalue weighted by atomic mass is 10.1. The summed E-state index contributed by atoms with van der Waals surface area (Å²) in [5, 5.41) is 10.6. The Hall–Kier alpha value is -2.24. The zero-order valence-electron chi connectivity index (χ0n) is 11.5. The first-order chi connectivity index (χ1) is 9.95. The maximum absolute atomic E-state index is 11.8. The van der Waals surface area contributed by atoms with Crippen molar-refractivity contribution in [1.82, 2.24) is 4.72 Å². The van der Waals surface area contributed by atoms with E-state index in [2.05, 4.69) is 11.5 Å². The topological polar surface area (TPSA) is 175 Å². The number of hydrogen-bond donors (Lipinski definition) is 3. The average Bonchev–Trinajstić information content (AvgIpc) is 2.36. The number of halogens is 1. The number of benzene rings is 1. The highest BCUT2D eigenvalue weighted by Gasteiger charge is 2.30. The molecule has 0 saturated heterocycles. The van der Waals surface area contributed by atoms with Crippen LogP contribution in [-0.2, 0) is 10.0 Å². The van der Waals surface area contributed by atoms with E-state index in [1.807, 2.05) is 4.72 Å². The van der Waals surface area contributed by atoms with Gasteiger partial charge in [0.05, 0.1) is 9.95 Å². The van der Waals surface area contributed by atoms with Gasteiger partial charge < -0.3 is 11.5 Å². The van der Waals surface area contributed by atoms with Crippen molar-refractivity contribution in [2.24, 2.45) is 11.5 Å². The molecule has 10 nitrogen and oxygen atoms in total. The number of nitro groups is 1. The van der Waals surface area contributed by atoms with Crippen LogP contribution in [0.2, 0.25) is 5.02 Å². The number of nitro benzene ring substituents is 1. The molecule has 1 aromatic rings. The SMILES string of the molecule is CNS(=O)(=O)c1c(Cl)ccc([N+](=O)[O-])c1C(C)=O.NC(N)=O. The molecular formula is C10H13ClN4O6S. The Bertz CT molecular complexity index is 714. The highest BCUT2D eigenvalue weighted by molar-refractivity contribution is 7.89. The van der Waals surface area contributed by atoms with Crippen molar-refractivity contribution >= 4 is 39.1 Å². The van der Waals surface area contributed by atoms with Gasteiger partial charge in [0, 0.05) is 6.07 Å². The van der Waals surface area contributed by atoms with Crippen molar-refractivity contribution in [3.8, 4) is 0 Å². The van der Waals surface area contributed by atoms with Gasteiger partial charge in [-0.1, -0.05) is 11.6 Å². The standard InChI is InChI=1S/C9H9ClN2O5S.CH4N2O/c1-5(13)8-7(12(14)15)4-3-6(10)9(8)18(16,17)11-2;2-1(3)4/h3-4,11H,1-2H3;(H4,2,3,4). The van der Waals surface area contributed by atoms with E-state index in [0.29, 0.717) is 0 Å². The van der Waals surface area contributed by atoms with Crippen LogP contribution in [-0.4, -0.2) is 32.2 Å². The molecule has 122 valence electrons. The summed E-state index contributed by atoms with van der Waals surface area (Å²) < 4.78 is 25.5. The number of nitrogens with zero attached hydrogens (tertiary/aromatic N) is 1. The lowest BCUT2D eigenvalue weighted by molar-refractivity contribution is -0.385. The molecule has 0 spiro atoms. The lowest BCUT2D eigenvalue weighted by Crippen LogP contribution is -2.22. The van der Waals surface area contributed by atoms with Crippen LogP contribution in [0.25, 0.3) is 0 Å². The van der Waals surface area contributed by atoms with E-state index < -0.39 is 42.9 Å². The Morgan fingerprint density at radius 2 is 1.77 bits per heavy atom. The molecule has 1 rings (SSSR count). The smallest absolute Gasteiger partial charge is 0.309 e. The second-order valence-corrected chi connectivity index (χ2v) is 5.92. The fourth-order valence-electron chi connectivity index (χ4n) is 1.40. The van der Waals surface area contributed by atoms with Crippen molar-refractivity contribution < 1.29 is 22.9 Å². The molecule has 2 amide bonds. The first-order valence-electron chi connectivity index (χ1n) is 5.42. The third-order valence-corrected chi connectivity index (χ3v) is 4.10. The number of carbonyl (C=O) groups excluding carboxylic acids is 2. The predicted octanol–water partition coefficient (Wildman–Crippen LogP) is 0.383. The van der Waals surface area contributed by atoms with Crippen molar-refractivity contribution in [2.75, 3.05) is 7.05 Å². The van der Waals surface area contributed by atoms with Crippen LogP contribution in [0.5, 0.6) is 0 Å². The molecule has 0 aliphatic heterocycles. The molecule has 0 saturated carbocycles. The Morgan fingerprint density at radius 3 is 2.09 bits per heavy atom. The summed E-state index contributed by atoms with van der Waals surface area (Å²) in [6.45, 7) is 1.04. The maximum atomic E-state index is 11.8. The number of rotatable bonds is 4. The van der Waals surface area contributed by atoms with Gasteiger partial charge in [-0.3, -0.25) is 14.9 Å². The Morgan fingerprint density at radius 1 is 1.32 bits per heavy atom. The van der Waals surface area contributed by atoms with E-state index in [1.54, 1.807) is 0 Å². The molecule has 0 radical (unpaired) electrons. The van der Waals surface area contributed by atoms with Crippen LogP contribution >= 0.6 is 11.6 Å². The van der Waals surface area contributed by atoms with Crippen LogP contribution < -0.4 is 16.2 Å². The molecule has 0 aromatic heterocycles. The molecule has 0 atom stereocenters. The van der Waals surface area contributed by atoms with E-state index in [0.717, 1.165) is 26.1 Å². The number of amides is 2. The van der Waals surface area contributed by atoms with Gasteiger partial charge in [-0.05, 0) is 20.0 Å². The summed E-state index contributed by atoms with van der Waals surface area (Å²) in [6, 6.07) is 1.23. The number of hydrogen-bond acceptors (Lipinski definition) is 6. The van der Waals surface area contributed by atoms with Crippen molar-refractivity contribution in [1.29, 1.82) is 0 Å². The van der Waals surface area contributed by atoms with Gasteiger partial charge in [0.2, 0.25) is 10.0 Å². The number of carbonyl (C=O) groups is 2. The summed E-state index contributed by atoms with van der Waals surface area (Å²) in [4.78, 5) is 29.8. The zero-order valence-corrected chi connectivity index (χ0v) is 13.1. The van der Waals surface area contributed by atoms with Gasteiger partial charge in [-0.15, -0.1) is 0 Å². The number of sulfonamides is 1. The Labute approximate surface area is 130 Å². The van der Waals surface area contributed by atoms with E-state index in [9.17, 15) is 23.3 Å². The van der Waals surface area contributed by atoms with Crippen LogP contribution in [0.4, 0.5) is 10.5 Å². The minimum absolute atomic E-state index is 0.250. The van der Waals surface area contributed by atoms with Gasteiger partial charge in [0.1, 0.15) is 10.5 Å². The normalized spacial score (nSPS) is 10.3. The van der Waals surface area contributed by atoms with E-state index in [1.165, 1.54) is 0 Å². The lowest BCUT2D eigenvalue weighted by Gasteiger charge is -2.09. The second-order valence-electron chi connectivity index (χ2n) is 3.69. The van der Waals surface area contributed by atoms with Crippen LogP contribution in [0.3, 0.4) is 0 Å². The largest absolute Gasteiger partial charge is 0.352 e. The fourth-order valence-corrected chi connectivity index (χ4v) is 2.91. The monoisotopic (exact) mass is 352 g/mol. The van der Waals surface area contributed by atoms with Gasteiger partial charge in [0.15, 0.2) is 5.78 Å². The Kier molecular flexibility index (Phi) is 6.90. The molecule has 0 fully saturated rings. The molecule has 0 aliphatic carbocycles. The molecule has 5 N–H and O–H groups in total. The zero-order chi connectivity index (χ0) is 17.7. The van der Waals surface area contributed by atoms with Crippen molar-refractivity contribution in [3.05, 3.63) is 32.8 Å². The van der Waals surface area contributed by atoms with Gasteiger partial charge in [0.25, 0.3) is 5.69 Å². The molecule has 0 heterocycles. The fraction of sp³-hybridized carbons (Fsp3) is 0.200. The number of ketones is 1. The Balaban J connectivity index is 0.000000980. The summed E-state index contributed by atoms with van der Waals surface area (Å²) in [5.74, 6) is -0.752. The molecule has 22 heavy (non-hydrogen) atoms. The highest BCUT2D eigenvalue weighted by Crippen LogP contribution is 2.32.